The smallest absolute Gasteiger partial charge is 0.256 e. The molecule has 8 heteroatoms. The first-order valence-corrected chi connectivity index (χ1v) is 11.0. The molecule has 0 aliphatic carbocycles. The van der Waals surface area contributed by atoms with Gasteiger partial charge in [-0.3, -0.25) is 14.4 Å². The average molecular weight is 442 g/mol. The van der Waals surface area contributed by atoms with Gasteiger partial charge in [-0.2, -0.15) is 0 Å². The summed E-state index contributed by atoms with van der Waals surface area (Å²) in [5, 5.41) is 5.30. The van der Waals surface area contributed by atoms with E-state index in [1.807, 2.05) is 32.0 Å². The molecule has 1 fully saturated rings. The van der Waals surface area contributed by atoms with Crippen LogP contribution in [0, 0.1) is 5.82 Å². The van der Waals surface area contributed by atoms with Crippen molar-refractivity contribution >= 4 is 29.5 Å². The van der Waals surface area contributed by atoms with E-state index >= 15 is 0 Å². The normalized spacial score (nSPS) is 21.9. The molecule has 0 saturated carbocycles. The third-order valence-electron chi connectivity index (χ3n) is 5.68. The van der Waals surface area contributed by atoms with E-state index in [0.29, 0.717) is 5.56 Å². The first-order valence-electron chi connectivity index (χ1n) is 10.1. The lowest BCUT2D eigenvalue weighted by atomic mass is 10.0. The maximum atomic E-state index is 13.2. The minimum absolute atomic E-state index is 0.160. The van der Waals surface area contributed by atoms with Crippen LogP contribution in [0.5, 0.6) is 0 Å². The number of thioether (sulfide) groups is 1. The molecule has 2 aromatic rings. The average Bonchev–Trinajstić information content (AvgIpc) is 3.16. The Balaban J connectivity index is 1.43. The highest BCUT2D eigenvalue weighted by atomic mass is 32.2. The summed E-state index contributed by atoms with van der Waals surface area (Å²) < 4.78 is 12.5. The summed E-state index contributed by atoms with van der Waals surface area (Å²) in [4.78, 5) is 40.3. The number of carbonyl (C=O) groups excluding carboxylic acids is 3. The molecule has 0 radical (unpaired) electrons. The molecule has 2 aliphatic rings. The number of rotatable bonds is 5. The second kappa shape index (κ2) is 8.00. The van der Waals surface area contributed by atoms with E-state index < -0.39 is 16.8 Å². The highest BCUT2D eigenvalue weighted by Crippen LogP contribution is 2.56. The molecular formula is C23H24FN3O3S. The lowest BCUT2D eigenvalue weighted by Crippen LogP contribution is -2.56. The number of nitrogens with zero attached hydrogens (tertiary/aromatic N) is 1. The molecular weight excluding hydrogens is 417 g/mol. The van der Waals surface area contributed by atoms with Crippen molar-refractivity contribution < 1.29 is 18.8 Å². The number of fused-ring (bicyclic) bond motifs is 3. The molecule has 2 N–H and O–H groups in total. The van der Waals surface area contributed by atoms with Gasteiger partial charge in [-0.25, -0.2) is 4.39 Å². The van der Waals surface area contributed by atoms with Crippen LogP contribution in [0.2, 0.25) is 0 Å². The van der Waals surface area contributed by atoms with Gasteiger partial charge in [-0.05, 0) is 50.1 Å². The van der Waals surface area contributed by atoms with Crippen molar-refractivity contribution in [2.24, 2.45) is 0 Å². The number of amides is 3. The van der Waals surface area contributed by atoms with Crippen molar-refractivity contribution in [2.75, 3.05) is 0 Å². The van der Waals surface area contributed by atoms with Crippen molar-refractivity contribution in [1.82, 2.24) is 15.5 Å². The third-order valence-corrected chi connectivity index (χ3v) is 7.21. The number of halogens is 1. The van der Waals surface area contributed by atoms with Crippen LogP contribution in [0.15, 0.2) is 48.5 Å². The molecule has 3 amide bonds. The second-order valence-corrected chi connectivity index (χ2v) is 10.1. The number of nitrogens with one attached hydrogen (secondary N) is 2. The van der Waals surface area contributed by atoms with Gasteiger partial charge >= 0.3 is 0 Å². The van der Waals surface area contributed by atoms with E-state index in [1.54, 1.807) is 41.8 Å². The van der Waals surface area contributed by atoms with Crippen LogP contribution in [-0.4, -0.2) is 39.5 Å². The van der Waals surface area contributed by atoms with Gasteiger partial charge in [0, 0.05) is 16.9 Å². The Hall–Kier alpha value is -2.87. The quantitative estimate of drug-likeness (QED) is 0.748. The minimum atomic E-state index is -0.784. The van der Waals surface area contributed by atoms with Crippen molar-refractivity contribution in [3.63, 3.8) is 0 Å². The van der Waals surface area contributed by atoms with Crippen LogP contribution < -0.4 is 10.6 Å². The Bertz CT molecular complexity index is 1040. The predicted molar refractivity (Wildman–Crippen MR) is 117 cm³/mol. The highest BCUT2D eigenvalue weighted by Gasteiger charge is 2.57. The minimum Gasteiger partial charge on any atom is -0.350 e. The Kier molecular flexibility index (Phi) is 5.51. The second-order valence-electron chi connectivity index (χ2n) is 8.35. The van der Waals surface area contributed by atoms with E-state index in [1.165, 1.54) is 12.1 Å². The SMILES string of the molecule is CC(NC(=O)C1N2C(=O)c3ccccc3C2SC1(C)C)C(=O)NCc1ccc(F)cc1. The molecule has 31 heavy (non-hydrogen) atoms. The van der Waals surface area contributed by atoms with Crippen molar-refractivity contribution in [3.05, 3.63) is 71.0 Å². The van der Waals surface area contributed by atoms with Gasteiger partial charge in [0.05, 0.1) is 0 Å². The summed E-state index contributed by atoms with van der Waals surface area (Å²) in [7, 11) is 0. The molecule has 2 aliphatic heterocycles. The van der Waals surface area contributed by atoms with E-state index in [0.717, 1.165) is 11.1 Å². The number of hydrogen-bond donors (Lipinski definition) is 2. The fourth-order valence-electron chi connectivity index (χ4n) is 4.11. The van der Waals surface area contributed by atoms with Crippen molar-refractivity contribution in [2.45, 2.75) is 49.5 Å². The van der Waals surface area contributed by atoms with Gasteiger partial charge in [0.2, 0.25) is 11.8 Å². The number of hydrogen-bond acceptors (Lipinski definition) is 4. The molecule has 2 aromatic carbocycles. The zero-order valence-electron chi connectivity index (χ0n) is 17.5. The van der Waals surface area contributed by atoms with E-state index in [9.17, 15) is 18.8 Å². The first-order chi connectivity index (χ1) is 14.7. The van der Waals surface area contributed by atoms with Crippen LogP contribution in [-0.2, 0) is 16.1 Å². The van der Waals surface area contributed by atoms with E-state index in [4.69, 9.17) is 0 Å². The predicted octanol–water partition coefficient (Wildman–Crippen LogP) is 3.00. The standard InChI is InChI=1S/C23H24FN3O3S/c1-13(19(28)25-12-14-8-10-15(24)11-9-14)26-20(29)18-23(2,3)31-22-17-7-5-4-6-16(17)21(30)27(18)22/h4-11,13,18,22H,12H2,1-3H3,(H,25,28)(H,26,29). The lowest BCUT2D eigenvalue weighted by Gasteiger charge is -2.30. The molecule has 2 heterocycles. The Morgan fingerprint density at radius 2 is 1.84 bits per heavy atom. The van der Waals surface area contributed by atoms with Crippen LogP contribution in [0.25, 0.3) is 0 Å². The fourth-order valence-corrected chi connectivity index (χ4v) is 5.70. The number of carbonyl (C=O) groups is 3. The Morgan fingerprint density at radius 3 is 2.55 bits per heavy atom. The zero-order chi connectivity index (χ0) is 22.3. The van der Waals surface area contributed by atoms with E-state index in [2.05, 4.69) is 10.6 Å². The highest BCUT2D eigenvalue weighted by molar-refractivity contribution is 8.01. The van der Waals surface area contributed by atoms with Crippen molar-refractivity contribution in [1.29, 1.82) is 0 Å². The van der Waals surface area contributed by atoms with Gasteiger partial charge < -0.3 is 15.5 Å². The molecule has 0 bridgehead atoms. The molecule has 3 unspecified atom stereocenters. The van der Waals surface area contributed by atoms with Crippen molar-refractivity contribution in [3.8, 4) is 0 Å². The van der Waals surface area contributed by atoms with Crippen LogP contribution >= 0.6 is 11.8 Å². The Labute approximate surface area is 184 Å². The monoisotopic (exact) mass is 441 g/mol. The molecule has 0 aromatic heterocycles. The van der Waals surface area contributed by atoms with Gasteiger partial charge in [0.1, 0.15) is 23.3 Å². The van der Waals surface area contributed by atoms with Gasteiger partial charge in [-0.1, -0.05) is 30.3 Å². The summed E-state index contributed by atoms with van der Waals surface area (Å²) >= 11 is 1.58. The summed E-state index contributed by atoms with van der Waals surface area (Å²) in [5.74, 6) is -1.21. The topological polar surface area (TPSA) is 78.5 Å². The molecule has 4 rings (SSSR count). The zero-order valence-corrected chi connectivity index (χ0v) is 18.3. The summed E-state index contributed by atoms with van der Waals surface area (Å²) in [5.41, 5.74) is 2.30. The molecule has 1 saturated heterocycles. The number of benzene rings is 2. The van der Waals surface area contributed by atoms with Crippen LogP contribution in [0.1, 0.15) is 47.6 Å². The molecule has 6 nitrogen and oxygen atoms in total. The third kappa shape index (κ3) is 3.92. The summed E-state index contributed by atoms with van der Waals surface area (Å²) in [6, 6.07) is 11.8. The van der Waals surface area contributed by atoms with Crippen LogP contribution in [0.3, 0.4) is 0 Å². The maximum absolute atomic E-state index is 13.2. The summed E-state index contributed by atoms with van der Waals surface area (Å²) in [6.45, 7) is 5.71. The van der Waals surface area contributed by atoms with Gasteiger partial charge in [0.25, 0.3) is 5.91 Å². The lowest BCUT2D eigenvalue weighted by molar-refractivity contribution is -0.131. The largest absolute Gasteiger partial charge is 0.350 e. The molecule has 3 atom stereocenters. The fraction of sp³-hybridized carbons (Fsp3) is 0.348. The van der Waals surface area contributed by atoms with E-state index in [-0.39, 0.29) is 35.5 Å². The first kappa shape index (κ1) is 21.4. The van der Waals surface area contributed by atoms with Gasteiger partial charge in [-0.15, -0.1) is 11.8 Å². The molecule has 162 valence electrons. The Morgan fingerprint density at radius 1 is 1.16 bits per heavy atom. The summed E-state index contributed by atoms with van der Waals surface area (Å²) in [6.07, 6.45) is 0. The van der Waals surface area contributed by atoms with Crippen LogP contribution in [0.4, 0.5) is 4.39 Å². The molecule has 0 spiro atoms. The van der Waals surface area contributed by atoms with Gasteiger partial charge in [0.15, 0.2) is 0 Å². The maximum Gasteiger partial charge on any atom is 0.256 e.